The molecule has 0 aliphatic carbocycles. The predicted molar refractivity (Wildman–Crippen MR) is 74.6 cm³/mol. The van der Waals surface area contributed by atoms with Crippen molar-refractivity contribution < 1.29 is 13.9 Å². The zero-order chi connectivity index (χ0) is 14.0. The average Bonchev–Trinajstić information content (AvgIpc) is 2.76. The maximum atomic E-state index is 12.2. The van der Waals surface area contributed by atoms with Crippen LogP contribution in [0, 0.1) is 5.41 Å². The topological polar surface area (TPSA) is 51.5 Å². The normalized spacial score (nSPS) is 11.8. The summed E-state index contributed by atoms with van der Waals surface area (Å²) >= 11 is 0. The van der Waals surface area contributed by atoms with Gasteiger partial charge in [-0.15, -0.1) is 0 Å². The summed E-state index contributed by atoms with van der Waals surface area (Å²) in [5.41, 5.74) is 0.253. The highest BCUT2D eigenvalue weighted by Gasteiger charge is 2.26. The Morgan fingerprint density at radius 3 is 2.68 bits per heavy atom. The second-order valence-corrected chi connectivity index (χ2v) is 5.53. The first-order valence-electron chi connectivity index (χ1n) is 6.27. The molecule has 1 heterocycles. The van der Waals surface area contributed by atoms with E-state index < -0.39 is 5.41 Å². The minimum absolute atomic E-state index is 0.00129. The van der Waals surface area contributed by atoms with Crippen LogP contribution in [-0.4, -0.2) is 19.6 Å². The van der Waals surface area contributed by atoms with Crippen LogP contribution in [-0.2, 0) is 0 Å². The molecule has 0 fully saturated rings. The van der Waals surface area contributed by atoms with Gasteiger partial charge in [0.1, 0.15) is 18.1 Å². The van der Waals surface area contributed by atoms with E-state index in [1.165, 1.54) is 0 Å². The number of hydrogen-bond acceptors (Lipinski definition) is 4. The van der Waals surface area contributed by atoms with Crippen LogP contribution in [0.3, 0.4) is 0 Å². The SMILES string of the molecule is CNCOc1ccc2oc(C(=O)C(C)(C)C)cc2c1. The van der Waals surface area contributed by atoms with Crippen LogP contribution in [0.15, 0.2) is 28.7 Å². The first-order valence-corrected chi connectivity index (χ1v) is 6.27. The number of furan rings is 1. The van der Waals surface area contributed by atoms with Crippen LogP contribution < -0.4 is 10.1 Å². The number of fused-ring (bicyclic) bond motifs is 1. The van der Waals surface area contributed by atoms with E-state index in [1.807, 2.05) is 46.0 Å². The molecular formula is C15H19NO3. The first kappa shape index (κ1) is 13.6. The summed E-state index contributed by atoms with van der Waals surface area (Å²) in [6, 6.07) is 7.29. The highest BCUT2D eigenvalue weighted by molar-refractivity contribution is 6.00. The molecule has 0 aliphatic rings. The molecule has 0 unspecified atom stereocenters. The van der Waals surface area contributed by atoms with Crippen molar-refractivity contribution in [3.63, 3.8) is 0 Å². The number of Topliss-reactive ketones (excluding diaryl/α,β-unsaturated/α-hetero) is 1. The van der Waals surface area contributed by atoms with Gasteiger partial charge in [0.2, 0.25) is 5.78 Å². The Bertz CT molecular complexity index is 593. The Balaban J connectivity index is 2.33. The average molecular weight is 261 g/mol. The van der Waals surface area contributed by atoms with Crippen molar-refractivity contribution in [2.75, 3.05) is 13.8 Å². The summed E-state index contributed by atoms with van der Waals surface area (Å²) < 4.78 is 11.1. The fourth-order valence-electron chi connectivity index (χ4n) is 1.75. The zero-order valence-corrected chi connectivity index (χ0v) is 11.7. The third-order valence-electron chi connectivity index (χ3n) is 2.78. The molecule has 2 aromatic rings. The molecule has 2 rings (SSSR count). The molecule has 0 amide bonds. The monoisotopic (exact) mass is 261 g/mol. The largest absolute Gasteiger partial charge is 0.478 e. The van der Waals surface area contributed by atoms with Gasteiger partial charge in [-0.2, -0.15) is 0 Å². The number of ketones is 1. The van der Waals surface area contributed by atoms with E-state index in [-0.39, 0.29) is 5.78 Å². The maximum Gasteiger partial charge on any atom is 0.203 e. The second kappa shape index (κ2) is 5.05. The van der Waals surface area contributed by atoms with Crippen LogP contribution >= 0.6 is 0 Å². The summed E-state index contributed by atoms with van der Waals surface area (Å²) in [6.45, 7) is 6.08. The van der Waals surface area contributed by atoms with Crippen LogP contribution in [0.1, 0.15) is 31.3 Å². The third kappa shape index (κ3) is 2.96. The molecule has 19 heavy (non-hydrogen) atoms. The van der Waals surface area contributed by atoms with Gasteiger partial charge in [-0.3, -0.25) is 10.1 Å². The number of carbonyl (C=O) groups excluding carboxylic acids is 1. The number of benzene rings is 1. The molecule has 0 aliphatic heterocycles. The molecule has 4 nitrogen and oxygen atoms in total. The van der Waals surface area contributed by atoms with Crippen LogP contribution in [0.25, 0.3) is 11.0 Å². The Morgan fingerprint density at radius 2 is 2.05 bits per heavy atom. The number of carbonyl (C=O) groups is 1. The molecule has 1 aromatic carbocycles. The fraction of sp³-hybridized carbons (Fsp3) is 0.400. The van der Waals surface area contributed by atoms with Crippen molar-refractivity contribution in [2.24, 2.45) is 5.41 Å². The fourth-order valence-corrected chi connectivity index (χ4v) is 1.75. The van der Waals surface area contributed by atoms with Gasteiger partial charge in [0.05, 0.1) is 0 Å². The summed E-state index contributed by atoms with van der Waals surface area (Å²) in [5.74, 6) is 1.15. The van der Waals surface area contributed by atoms with Gasteiger partial charge in [0.25, 0.3) is 0 Å². The highest BCUT2D eigenvalue weighted by atomic mass is 16.5. The van der Waals surface area contributed by atoms with E-state index in [2.05, 4.69) is 5.32 Å². The second-order valence-electron chi connectivity index (χ2n) is 5.53. The third-order valence-corrected chi connectivity index (χ3v) is 2.78. The van der Waals surface area contributed by atoms with Gasteiger partial charge >= 0.3 is 0 Å². The summed E-state index contributed by atoms with van der Waals surface area (Å²) in [6.07, 6.45) is 0. The van der Waals surface area contributed by atoms with E-state index in [4.69, 9.17) is 9.15 Å². The van der Waals surface area contributed by atoms with Gasteiger partial charge < -0.3 is 9.15 Å². The molecule has 0 spiro atoms. The summed E-state index contributed by atoms with van der Waals surface area (Å²) in [7, 11) is 1.82. The van der Waals surface area contributed by atoms with Crippen molar-refractivity contribution in [3.05, 3.63) is 30.0 Å². The molecule has 1 aromatic heterocycles. The van der Waals surface area contributed by atoms with Crippen LogP contribution in [0.2, 0.25) is 0 Å². The standard InChI is InChI=1S/C15H19NO3/c1-15(2,3)14(17)13-8-10-7-11(18-9-16-4)5-6-12(10)19-13/h5-8,16H,9H2,1-4H3. The van der Waals surface area contributed by atoms with Crippen molar-refractivity contribution >= 4 is 16.8 Å². The van der Waals surface area contributed by atoms with E-state index in [9.17, 15) is 4.79 Å². The van der Waals surface area contributed by atoms with Gasteiger partial charge in [-0.05, 0) is 31.3 Å². The van der Waals surface area contributed by atoms with Gasteiger partial charge in [-0.25, -0.2) is 0 Å². The lowest BCUT2D eigenvalue weighted by Crippen LogP contribution is -2.19. The van der Waals surface area contributed by atoms with E-state index in [1.54, 1.807) is 6.07 Å². The van der Waals surface area contributed by atoms with Crippen molar-refractivity contribution in [2.45, 2.75) is 20.8 Å². The Labute approximate surface area is 112 Å². The van der Waals surface area contributed by atoms with E-state index in [0.717, 1.165) is 11.1 Å². The van der Waals surface area contributed by atoms with Crippen molar-refractivity contribution in [3.8, 4) is 5.75 Å². The van der Waals surface area contributed by atoms with Crippen molar-refractivity contribution in [1.82, 2.24) is 5.32 Å². The van der Waals surface area contributed by atoms with Crippen LogP contribution in [0.5, 0.6) is 5.75 Å². The Kier molecular flexibility index (Phi) is 3.62. The Morgan fingerprint density at radius 1 is 1.32 bits per heavy atom. The quantitative estimate of drug-likeness (QED) is 0.678. The maximum absolute atomic E-state index is 12.2. The molecule has 102 valence electrons. The molecule has 0 atom stereocenters. The molecule has 0 bridgehead atoms. The Hall–Kier alpha value is -1.81. The minimum atomic E-state index is -0.445. The molecule has 4 heteroatoms. The molecule has 0 saturated carbocycles. The smallest absolute Gasteiger partial charge is 0.203 e. The van der Waals surface area contributed by atoms with Gasteiger partial charge in [-0.1, -0.05) is 20.8 Å². The number of hydrogen-bond donors (Lipinski definition) is 1. The minimum Gasteiger partial charge on any atom is -0.478 e. The molecule has 0 radical (unpaired) electrons. The number of nitrogens with one attached hydrogen (secondary N) is 1. The lowest BCUT2D eigenvalue weighted by atomic mass is 9.89. The van der Waals surface area contributed by atoms with Crippen LogP contribution in [0.4, 0.5) is 0 Å². The summed E-state index contributed by atoms with van der Waals surface area (Å²) in [5, 5.41) is 3.78. The van der Waals surface area contributed by atoms with E-state index >= 15 is 0 Å². The number of rotatable bonds is 4. The summed E-state index contributed by atoms with van der Waals surface area (Å²) in [4.78, 5) is 12.2. The van der Waals surface area contributed by atoms with E-state index in [0.29, 0.717) is 18.1 Å². The van der Waals surface area contributed by atoms with Gasteiger partial charge in [0, 0.05) is 10.8 Å². The molecule has 0 saturated heterocycles. The van der Waals surface area contributed by atoms with Crippen molar-refractivity contribution in [1.29, 1.82) is 0 Å². The van der Waals surface area contributed by atoms with Gasteiger partial charge in [0.15, 0.2) is 5.76 Å². The highest BCUT2D eigenvalue weighted by Crippen LogP contribution is 2.28. The molecule has 1 N–H and O–H groups in total. The first-order chi connectivity index (χ1) is 8.91. The molecular weight excluding hydrogens is 242 g/mol. The predicted octanol–water partition coefficient (Wildman–Crippen LogP) is 3.22. The lowest BCUT2D eigenvalue weighted by molar-refractivity contribution is 0.0831. The number of ether oxygens (including phenoxy) is 1. The zero-order valence-electron chi connectivity index (χ0n) is 11.7. The lowest BCUT2D eigenvalue weighted by Gasteiger charge is -2.13.